The maximum atomic E-state index is 13.6. The third-order valence-corrected chi connectivity index (χ3v) is 5.74. The Labute approximate surface area is 165 Å². The average Bonchev–Trinajstić information content (AvgIpc) is 3.22. The van der Waals surface area contributed by atoms with Crippen LogP contribution < -0.4 is 14.4 Å². The number of nitrogens with zero attached hydrogens (tertiary/aromatic N) is 1. The van der Waals surface area contributed by atoms with Gasteiger partial charge in [-0.1, -0.05) is 36.9 Å². The van der Waals surface area contributed by atoms with Gasteiger partial charge in [0.2, 0.25) is 0 Å². The summed E-state index contributed by atoms with van der Waals surface area (Å²) in [6.07, 6.45) is 2.05. The fourth-order valence-corrected chi connectivity index (χ4v) is 4.28. The summed E-state index contributed by atoms with van der Waals surface area (Å²) in [4.78, 5) is 15.5. The topological polar surface area (TPSA) is 48.0 Å². The first-order chi connectivity index (χ1) is 13.6. The molecular weight excluding hydrogens is 354 g/mol. The van der Waals surface area contributed by atoms with Crippen molar-refractivity contribution < 1.29 is 19.0 Å². The first kappa shape index (κ1) is 18.6. The van der Waals surface area contributed by atoms with Crippen LogP contribution in [0.3, 0.4) is 0 Å². The van der Waals surface area contributed by atoms with Crippen LogP contribution in [0.1, 0.15) is 18.4 Å². The highest BCUT2D eigenvalue weighted by atomic mass is 16.5. The number of ether oxygens (including phenoxy) is 3. The van der Waals surface area contributed by atoms with E-state index < -0.39 is 5.60 Å². The van der Waals surface area contributed by atoms with E-state index in [9.17, 15) is 4.79 Å². The number of carbonyl (C=O) groups is 1. The molecular formula is C23H25NO4. The summed E-state index contributed by atoms with van der Waals surface area (Å²) >= 11 is 0. The second-order valence-electron chi connectivity index (χ2n) is 7.29. The molecule has 0 unspecified atom stereocenters. The molecule has 4 rings (SSSR count). The van der Waals surface area contributed by atoms with Crippen LogP contribution in [-0.4, -0.2) is 38.4 Å². The summed E-state index contributed by atoms with van der Waals surface area (Å²) in [5.41, 5.74) is 1.85. The zero-order valence-electron chi connectivity index (χ0n) is 16.3. The van der Waals surface area contributed by atoms with Gasteiger partial charge in [-0.05, 0) is 36.1 Å². The van der Waals surface area contributed by atoms with E-state index in [1.807, 2.05) is 35.2 Å². The second kappa shape index (κ2) is 7.32. The molecule has 5 nitrogen and oxygen atoms in total. The Bertz CT molecular complexity index is 895. The summed E-state index contributed by atoms with van der Waals surface area (Å²) in [6, 6.07) is 15.7. The van der Waals surface area contributed by atoms with E-state index >= 15 is 0 Å². The Morgan fingerprint density at radius 3 is 2.61 bits per heavy atom. The molecule has 1 spiro atoms. The van der Waals surface area contributed by atoms with Gasteiger partial charge in [0.1, 0.15) is 11.5 Å². The third-order valence-electron chi connectivity index (χ3n) is 5.74. The lowest BCUT2D eigenvalue weighted by molar-refractivity contribution is -0.131. The highest BCUT2D eigenvalue weighted by molar-refractivity contribution is 6.06. The molecule has 146 valence electrons. The van der Waals surface area contributed by atoms with E-state index in [0.717, 1.165) is 24.1 Å². The third kappa shape index (κ3) is 2.96. The van der Waals surface area contributed by atoms with Gasteiger partial charge in [-0.3, -0.25) is 4.79 Å². The zero-order chi connectivity index (χ0) is 19.7. The number of hydrogen-bond acceptors (Lipinski definition) is 4. The molecule has 0 aromatic heterocycles. The number of rotatable bonds is 5. The quantitative estimate of drug-likeness (QED) is 0.742. The monoisotopic (exact) mass is 379 g/mol. The van der Waals surface area contributed by atoms with Crippen molar-refractivity contribution in [3.8, 4) is 11.5 Å². The standard InChI is InChI=1S/C23H25NO4/c1-16-11-12-28-23(16)15-18(13-17-7-5-4-6-8-17)24(22(23)25)20-10-9-19(26-2)14-21(20)27-3/h4-10,14,18H,1,11-13,15H2,2-3H3/t18-,23-/m0/s1. The summed E-state index contributed by atoms with van der Waals surface area (Å²) in [5, 5.41) is 0. The highest BCUT2D eigenvalue weighted by Gasteiger charge is 2.57. The number of anilines is 1. The second-order valence-corrected chi connectivity index (χ2v) is 7.29. The minimum atomic E-state index is -0.926. The van der Waals surface area contributed by atoms with Crippen LogP contribution in [0.4, 0.5) is 5.69 Å². The smallest absolute Gasteiger partial charge is 0.263 e. The first-order valence-corrected chi connectivity index (χ1v) is 9.51. The first-order valence-electron chi connectivity index (χ1n) is 9.51. The van der Waals surface area contributed by atoms with E-state index in [0.29, 0.717) is 24.5 Å². The lowest BCUT2D eigenvalue weighted by atomic mass is 9.90. The van der Waals surface area contributed by atoms with Crippen LogP contribution in [0.5, 0.6) is 11.5 Å². The summed E-state index contributed by atoms with van der Waals surface area (Å²) in [7, 11) is 3.21. The van der Waals surface area contributed by atoms with E-state index in [-0.39, 0.29) is 11.9 Å². The molecule has 0 bridgehead atoms. The maximum Gasteiger partial charge on any atom is 0.263 e. The van der Waals surface area contributed by atoms with Crippen molar-refractivity contribution in [2.24, 2.45) is 0 Å². The Morgan fingerprint density at radius 1 is 1.18 bits per heavy atom. The SMILES string of the molecule is C=C1CCO[C@@]12C[C@H](Cc1ccccc1)N(c1ccc(OC)cc1OC)C2=O. The summed E-state index contributed by atoms with van der Waals surface area (Å²) in [5.74, 6) is 1.23. The molecule has 0 radical (unpaired) electrons. The fourth-order valence-electron chi connectivity index (χ4n) is 4.28. The predicted octanol–water partition coefficient (Wildman–Crippen LogP) is 3.77. The van der Waals surface area contributed by atoms with Crippen LogP contribution in [0.15, 0.2) is 60.7 Å². The van der Waals surface area contributed by atoms with Crippen LogP contribution in [0, 0.1) is 0 Å². The number of amides is 1. The van der Waals surface area contributed by atoms with Crippen LogP contribution in [0.25, 0.3) is 0 Å². The molecule has 0 saturated carbocycles. The minimum absolute atomic E-state index is 0.0490. The molecule has 2 saturated heterocycles. The van der Waals surface area contributed by atoms with Gasteiger partial charge in [-0.25, -0.2) is 0 Å². The zero-order valence-corrected chi connectivity index (χ0v) is 16.3. The van der Waals surface area contributed by atoms with Crippen molar-refractivity contribution in [2.75, 3.05) is 25.7 Å². The molecule has 2 fully saturated rings. The van der Waals surface area contributed by atoms with Gasteiger partial charge in [-0.15, -0.1) is 0 Å². The molecule has 0 aliphatic carbocycles. The molecule has 28 heavy (non-hydrogen) atoms. The molecule has 0 N–H and O–H groups in total. The van der Waals surface area contributed by atoms with E-state index in [2.05, 4.69) is 18.7 Å². The summed E-state index contributed by atoms with van der Waals surface area (Å²) in [6.45, 7) is 4.69. The van der Waals surface area contributed by atoms with Crippen molar-refractivity contribution in [3.63, 3.8) is 0 Å². The number of carbonyl (C=O) groups excluding carboxylic acids is 1. The van der Waals surface area contributed by atoms with Gasteiger partial charge in [-0.2, -0.15) is 0 Å². The van der Waals surface area contributed by atoms with Crippen LogP contribution in [0.2, 0.25) is 0 Å². The van der Waals surface area contributed by atoms with Gasteiger partial charge in [0, 0.05) is 18.5 Å². The van der Waals surface area contributed by atoms with Crippen molar-refractivity contribution in [1.29, 1.82) is 0 Å². The number of hydrogen-bond donors (Lipinski definition) is 0. The largest absolute Gasteiger partial charge is 0.497 e. The van der Waals surface area contributed by atoms with Gasteiger partial charge in [0.05, 0.1) is 26.5 Å². The van der Waals surface area contributed by atoms with E-state index in [1.54, 1.807) is 20.3 Å². The maximum absolute atomic E-state index is 13.6. The molecule has 2 aromatic rings. The lowest BCUT2D eigenvalue weighted by Gasteiger charge is -2.27. The predicted molar refractivity (Wildman–Crippen MR) is 108 cm³/mol. The van der Waals surface area contributed by atoms with Crippen molar-refractivity contribution in [3.05, 3.63) is 66.2 Å². The Morgan fingerprint density at radius 2 is 1.96 bits per heavy atom. The van der Waals surface area contributed by atoms with Crippen molar-refractivity contribution in [2.45, 2.75) is 30.9 Å². The average molecular weight is 379 g/mol. The van der Waals surface area contributed by atoms with E-state index in [4.69, 9.17) is 14.2 Å². The van der Waals surface area contributed by atoms with Gasteiger partial charge in [0.15, 0.2) is 5.60 Å². The van der Waals surface area contributed by atoms with Gasteiger partial charge >= 0.3 is 0 Å². The van der Waals surface area contributed by atoms with Gasteiger partial charge in [0.25, 0.3) is 5.91 Å². The van der Waals surface area contributed by atoms with Crippen LogP contribution in [-0.2, 0) is 16.0 Å². The molecule has 1 amide bonds. The Kier molecular flexibility index (Phi) is 4.85. The Hall–Kier alpha value is -2.79. The Balaban J connectivity index is 1.77. The highest BCUT2D eigenvalue weighted by Crippen LogP contribution is 2.47. The molecule has 5 heteroatoms. The molecule has 2 aliphatic heterocycles. The lowest BCUT2D eigenvalue weighted by Crippen LogP contribution is -2.42. The fraction of sp³-hybridized carbons (Fsp3) is 0.348. The molecule has 2 atom stereocenters. The minimum Gasteiger partial charge on any atom is -0.497 e. The normalized spacial score (nSPS) is 24.2. The van der Waals surface area contributed by atoms with E-state index in [1.165, 1.54) is 5.56 Å². The molecule has 2 heterocycles. The molecule has 2 aliphatic rings. The number of benzene rings is 2. The number of methoxy groups -OCH3 is 2. The van der Waals surface area contributed by atoms with Crippen LogP contribution >= 0.6 is 0 Å². The summed E-state index contributed by atoms with van der Waals surface area (Å²) < 4.78 is 16.9. The van der Waals surface area contributed by atoms with Crippen molar-refractivity contribution >= 4 is 11.6 Å². The molecule has 2 aromatic carbocycles. The van der Waals surface area contributed by atoms with Gasteiger partial charge < -0.3 is 19.1 Å². The van der Waals surface area contributed by atoms with Crippen molar-refractivity contribution in [1.82, 2.24) is 0 Å².